The number of rotatable bonds is 8. The lowest BCUT2D eigenvalue weighted by Crippen LogP contribution is -2.37. The van der Waals surface area contributed by atoms with Crippen LogP contribution in [0.25, 0.3) is 0 Å². The van der Waals surface area contributed by atoms with Crippen LogP contribution in [0.15, 0.2) is 0 Å². The second kappa shape index (κ2) is 8.64. The highest BCUT2D eigenvalue weighted by molar-refractivity contribution is 5.78. The van der Waals surface area contributed by atoms with E-state index in [1.165, 1.54) is 14.2 Å². The Morgan fingerprint density at radius 2 is 2.00 bits per heavy atom. The van der Waals surface area contributed by atoms with E-state index in [0.717, 1.165) is 12.8 Å². The van der Waals surface area contributed by atoms with Crippen LogP contribution in [-0.2, 0) is 14.3 Å². The van der Waals surface area contributed by atoms with Crippen LogP contribution in [-0.4, -0.2) is 39.5 Å². The van der Waals surface area contributed by atoms with Gasteiger partial charge in [0.25, 0.3) is 0 Å². The fraction of sp³-hybridized carbons (Fsp3) is 0.900. The molecule has 90 valence electrons. The zero-order chi connectivity index (χ0) is 11.7. The first kappa shape index (κ1) is 14.3. The molecule has 0 saturated carbocycles. The molecule has 1 atom stereocenters. The summed E-state index contributed by atoms with van der Waals surface area (Å²) >= 11 is 0. The number of carbonyl (C=O) groups excluding carboxylic acids is 1. The molecule has 0 aliphatic rings. The number of amides is 1. The maximum atomic E-state index is 11.5. The van der Waals surface area contributed by atoms with Crippen molar-refractivity contribution >= 4 is 5.91 Å². The monoisotopic (exact) mass is 218 g/mol. The molecule has 3 N–H and O–H groups in total. The molecule has 1 amide bonds. The van der Waals surface area contributed by atoms with Crippen LogP contribution in [0.5, 0.6) is 0 Å². The molecule has 0 aromatic rings. The molecule has 0 rings (SSSR count). The molecule has 0 spiro atoms. The van der Waals surface area contributed by atoms with Crippen molar-refractivity contribution in [2.75, 3.05) is 27.3 Å². The van der Waals surface area contributed by atoms with E-state index in [-0.39, 0.29) is 18.1 Å². The summed E-state index contributed by atoms with van der Waals surface area (Å²) in [5, 5.41) is 2.76. The molecule has 0 bridgehead atoms. The van der Waals surface area contributed by atoms with Crippen molar-refractivity contribution in [2.45, 2.75) is 26.1 Å². The Hall–Kier alpha value is -0.650. The normalized spacial score (nSPS) is 12.9. The van der Waals surface area contributed by atoms with Crippen molar-refractivity contribution in [3.8, 4) is 0 Å². The van der Waals surface area contributed by atoms with Gasteiger partial charge in [-0.25, -0.2) is 0 Å². The SMILES string of the molecule is COC(CNC(=O)C(C)CCCN)OC. The standard InChI is InChI=1S/C10H22N2O3/c1-8(5-4-6-11)10(13)12-7-9(14-2)15-3/h8-9H,4-7,11H2,1-3H3,(H,12,13). The van der Waals surface area contributed by atoms with E-state index in [0.29, 0.717) is 13.1 Å². The van der Waals surface area contributed by atoms with E-state index in [1.807, 2.05) is 6.92 Å². The number of carbonyl (C=O) groups is 1. The number of nitrogens with one attached hydrogen (secondary N) is 1. The molecule has 0 heterocycles. The Balaban J connectivity index is 3.71. The summed E-state index contributed by atoms with van der Waals surface area (Å²) in [5.41, 5.74) is 5.37. The lowest BCUT2D eigenvalue weighted by atomic mass is 10.1. The first-order valence-corrected chi connectivity index (χ1v) is 5.19. The molecule has 0 saturated heterocycles. The molecule has 0 aliphatic heterocycles. The maximum absolute atomic E-state index is 11.5. The minimum absolute atomic E-state index is 0.0112. The summed E-state index contributed by atoms with van der Waals surface area (Å²) in [4.78, 5) is 11.5. The van der Waals surface area contributed by atoms with Crippen LogP contribution in [0.3, 0.4) is 0 Å². The van der Waals surface area contributed by atoms with Crippen molar-refractivity contribution in [1.82, 2.24) is 5.32 Å². The van der Waals surface area contributed by atoms with E-state index < -0.39 is 0 Å². The van der Waals surface area contributed by atoms with Gasteiger partial charge in [0.15, 0.2) is 6.29 Å². The molecule has 5 nitrogen and oxygen atoms in total. The molecular weight excluding hydrogens is 196 g/mol. The summed E-state index contributed by atoms with van der Waals surface area (Å²) in [7, 11) is 3.08. The van der Waals surface area contributed by atoms with E-state index in [1.54, 1.807) is 0 Å². The van der Waals surface area contributed by atoms with Gasteiger partial charge >= 0.3 is 0 Å². The van der Waals surface area contributed by atoms with Crippen LogP contribution < -0.4 is 11.1 Å². The van der Waals surface area contributed by atoms with Crippen LogP contribution >= 0.6 is 0 Å². The highest BCUT2D eigenvalue weighted by Gasteiger charge is 2.13. The molecule has 5 heteroatoms. The molecule has 0 aliphatic carbocycles. The topological polar surface area (TPSA) is 73.6 Å². The lowest BCUT2D eigenvalue weighted by molar-refractivity contribution is -0.130. The molecule has 1 unspecified atom stereocenters. The largest absolute Gasteiger partial charge is 0.354 e. The van der Waals surface area contributed by atoms with E-state index in [2.05, 4.69) is 5.32 Å². The first-order valence-electron chi connectivity index (χ1n) is 5.19. The van der Waals surface area contributed by atoms with Crippen LogP contribution in [0.4, 0.5) is 0 Å². The highest BCUT2D eigenvalue weighted by atomic mass is 16.7. The maximum Gasteiger partial charge on any atom is 0.223 e. The Morgan fingerprint density at radius 1 is 1.40 bits per heavy atom. The van der Waals surface area contributed by atoms with Gasteiger partial charge in [0, 0.05) is 20.1 Å². The van der Waals surface area contributed by atoms with Crippen molar-refractivity contribution in [3.63, 3.8) is 0 Å². The minimum Gasteiger partial charge on any atom is -0.354 e. The quantitative estimate of drug-likeness (QED) is 0.567. The summed E-state index contributed by atoms with van der Waals surface area (Å²) < 4.78 is 9.91. The molecule has 0 aromatic heterocycles. The van der Waals surface area contributed by atoms with Gasteiger partial charge < -0.3 is 20.5 Å². The molecule has 0 radical (unpaired) electrons. The van der Waals surface area contributed by atoms with Gasteiger partial charge in [-0.1, -0.05) is 6.92 Å². The zero-order valence-corrected chi connectivity index (χ0v) is 9.79. The van der Waals surface area contributed by atoms with Gasteiger partial charge in [-0.3, -0.25) is 4.79 Å². The fourth-order valence-electron chi connectivity index (χ4n) is 1.18. The first-order chi connectivity index (χ1) is 7.15. The Labute approximate surface area is 91.3 Å². The molecular formula is C10H22N2O3. The van der Waals surface area contributed by atoms with Gasteiger partial charge in [0.05, 0.1) is 6.54 Å². The molecule has 0 aromatic carbocycles. The third kappa shape index (κ3) is 6.43. The van der Waals surface area contributed by atoms with Gasteiger partial charge in [-0.05, 0) is 19.4 Å². The molecule has 0 fully saturated rings. The third-order valence-electron chi connectivity index (χ3n) is 2.26. The minimum atomic E-state index is -0.379. The van der Waals surface area contributed by atoms with Crippen molar-refractivity contribution in [2.24, 2.45) is 11.7 Å². The summed E-state index contributed by atoms with van der Waals surface area (Å²) in [5.74, 6) is 0.00506. The number of hydrogen-bond donors (Lipinski definition) is 2. The summed E-state index contributed by atoms with van der Waals surface area (Å²) in [6.07, 6.45) is 1.30. The van der Waals surface area contributed by atoms with Crippen LogP contribution in [0, 0.1) is 5.92 Å². The number of nitrogens with two attached hydrogens (primary N) is 1. The second-order valence-electron chi connectivity index (χ2n) is 3.48. The Morgan fingerprint density at radius 3 is 2.47 bits per heavy atom. The van der Waals surface area contributed by atoms with Gasteiger partial charge in [-0.15, -0.1) is 0 Å². The third-order valence-corrected chi connectivity index (χ3v) is 2.26. The van der Waals surface area contributed by atoms with Gasteiger partial charge in [-0.2, -0.15) is 0 Å². The fourth-order valence-corrected chi connectivity index (χ4v) is 1.18. The van der Waals surface area contributed by atoms with Crippen molar-refractivity contribution in [1.29, 1.82) is 0 Å². The average Bonchev–Trinajstić information content (AvgIpc) is 2.26. The van der Waals surface area contributed by atoms with Gasteiger partial charge in [0.2, 0.25) is 5.91 Å². The number of hydrogen-bond acceptors (Lipinski definition) is 4. The van der Waals surface area contributed by atoms with Crippen LogP contribution in [0.2, 0.25) is 0 Å². The summed E-state index contributed by atoms with van der Waals surface area (Å²) in [6, 6.07) is 0. The Bertz CT molecular complexity index is 172. The average molecular weight is 218 g/mol. The molecule has 15 heavy (non-hydrogen) atoms. The number of ether oxygens (including phenoxy) is 2. The lowest BCUT2D eigenvalue weighted by Gasteiger charge is -2.16. The van der Waals surface area contributed by atoms with E-state index in [4.69, 9.17) is 15.2 Å². The predicted octanol–water partition coefficient (Wildman–Crippen LogP) is 0.0965. The van der Waals surface area contributed by atoms with E-state index >= 15 is 0 Å². The van der Waals surface area contributed by atoms with Crippen molar-refractivity contribution < 1.29 is 14.3 Å². The van der Waals surface area contributed by atoms with Crippen molar-refractivity contribution in [3.05, 3.63) is 0 Å². The predicted molar refractivity (Wildman–Crippen MR) is 58.3 cm³/mol. The van der Waals surface area contributed by atoms with E-state index in [9.17, 15) is 4.79 Å². The zero-order valence-electron chi connectivity index (χ0n) is 9.79. The smallest absolute Gasteiger partial charge is 0.223 e. The highest BCUT2D eigenvalue weighted by Crippen LogP contribution is 2.04. The summed E-state index contributed by atoms with van der Waals surface area (Å²) in [6.45, 7) is 2.88. The van der Waals surface area contributed by atoms with Crippen LogP contribution in [0.1, 0.15) is 19.8 Å². The number of methoxy groups -OCH3 is 2. The van der Waals surface area contributed by atoms with Gasteiger partial charge in [0.1, 0.15) is 0 Å². The second-order valence-corrected chi connectivity index (χ2v) is 3.48. The Kier molecular flexibility index (Phi) is 8.27.